The lowest BCUT2D eigenvalue weighted by Gasteiger charge is -2.07. The lowest BCUT2D eigenvalue weighted by Crippen LogP contribution is -2.27. The molecule has 0 aliphatic carbocycles. The van der Waals surface area contributed by atoms with Crippen LogP contribution in [0.4, 0.5) is 5.95 Å². The quantitative estimate of drug-likeness (QED) is 0.917. The van der Waals surface area contributed by atoms with Crippen molar-refractivity contribution >= 4 is 27.8 Å². The average Bonchev–Trinajstić information content (AvgIpc) is 3.13. The predicted molar refractivity (Wildman–Crippen MR) is 80.9 cm³/mol. The zero-order valence-corrected chi connectivity index (χ0v) is 12.9. The maximum Gasteiger partial charge on any atom is 0.255 e. The molecule has 3 rings (SSSR count). The number of hydrogen-bond acceptors (Lipinski definition) is 4. The topological polar surface area (TPSA) is 69.0 Å². The third kappa shape index (κ3) is 3.68. The highest BCUT2D eigenvalue weighted by Gasteiger charge is 2.24. The Hall–Kier alpha value is -1.73. The van der Waals surface area contributed by atoms with E-state index in [1.165, 1.54) is 0 Å². The molecule has 1 amide bonds. The van der Waals surface area contributed by atoms with Crippen LogP contribution in [0.3, 0.4) is 0 Å². The van der Waals surface area contributed by atoms with E-state index in [2.05, 4.69) is 31.3 Å². The third-order valence-electron chi connectivity index (χ3n) is 3.25. The van der Waals surface area contributed by atoms with Crippen LogP contribution >= 0.6 is 15.9 Å². The molecular weight excluding hydrogens is 336 g/mol. The number of ether oxygens (including phenoxy) is 1. The van der Waals surface area contributed by atoms with E-state index in [1.54, 1.807) is 11.0 Å². The van der Waals surface area contributed by atoms with Crippen LogP contribution in [-0.2, 0) is 16.1 Å². The Labute approximate surface area is 130 Å². The highest BCUT2D eigenvalue weighted by atomic mass is 79.9. The van der Waals surface area contributed by atoms with Crippen molar-refractivity contribution in [3.8, 4) is 0 Å². The van der Waals surface area contributed by atoms with Gasteiger partial charge in [-0.3, -0.25) is 10.1 Å². The number of benzene rings is 1. The molecule has 1 saturated heterocycles. The summed E-state index contributed by atoms with van der Waals surface area (Å²) in [6, 6.07) is 7.98. The van der Waals surface area contributed by atoms with Gasteiger partial charge in [0.1, 0.15) is 12.4 Å². The van der Waals surface area contributed by atoms with E-state index < -0.39 is 0 Å². The van der Waals surface area contributed by atoms with E-state index in [-0.39, 0.29) is 12.0 Å². The molecular formula is C14H15BrN4O2. The smallest absolute Gasteiger partial charge is 0.255 e. The van der Waals surface area contributed by atoms with Gasteiger partial charge in [-0.1, -0.05) is 28.1 Å². The molecule has 1 aliphatic heterocycles. The molecule has 1 fully saturated rings. The number of aromatic nitrogens is 3. The first-order valence-corrected chi connectivity index (χ1v) is 7.56. The van der Waals surface area contributed by atoms with Gasteiger partial charge < -0.3 is 4.74 Å². The lowest BCUT2D eigenvalue weighted by molar-refractivity contribution is -0.124. The van der Waals surface area contributed by atoms with E-state index >= 15 is 0 Å². The minimum absolute atomic E-state index is 0.172. The zero-order valence-electron chi connectivity index (χ0n) is 11.3. The minimum atomic E-state index is -0.372. The summed E-state index contributed by atoms with van der Waals surface area (Å²) in [4.78, 5) is 16.0. The molecule has 0 bridgehead atoms. The Kier molecular flexibility index (Phi) is 4.31. The second-order valence-electron chi connectivity index (χ2n) is 4.88. The molecule has 7 heteroatoms. The van der Waals surface area contributed by atoms with Crippen molar-refractivity contribution in [2.75, 3.05) is 11.9 Å². The summed E-state index contributed by atoms with van der Waals surface area (Å²) in [5.41, 5.74) is 1.11. The molecule has 0 radical (unpaired) electrons. The summed E-state index contributed by atoms with van der Waals surface area (Å²) in [5.74, 6) is 0.140. The summed E-state index contributed by atoms with van der Waals surface area (Å²) >= 11 is 3.40. The maximum atomic E-state index is 11.9. The molecule has 110 valence electrons. The summed E-state index contributed by atoms with van der Waals surface area (Å²) in [5, 5.41) is 6.93. The molecule has 1 atom stereocenters. The van der Waals surface area contributed by atoms with Crippen molar-refractivity contribution in [1.82, 2.24) is 14.8 Å². The minimum Gasteiger partial charge on any atom is -0.368 e. The standard InChI is InChI=1S/C14H15BrN4O2/c15-11-5-3-10(4-6-11)8-19-9-16-14(18-19)17-13(20)12-2-1-7-21-12/h3-6,9,12H,1-2,7-8H2,(H,17,18,20). The fourth-order valence-electron chi connectivity index (χ4n) is 2.18. The van der Waals surface area contributed by atoms with Gasteiger partial charge in [-0.15, -0.1) is 5.10 Å². The van der Waals surface area contributed by atoms with Gasteiger partial charge in [0, 0.05) is 11.1 Å². The van der Waals surface area contributed by atoms with Gasteiger partial charge in [0.05, 0.1) is 6.54 Å². The largest absolute Gasteiger partial charge is 0.368 e. The highest BCUT2D eigenvalue weighted by Crippen LogP contribution is 2.14. The summed E-state index contributed by atoms with van der Waals surface area (Å²) < 4.78 is 8.05. The van der Waals surface area contributed by atoms with Crippen molar-refractivity contribution in [1.29, 1.82) is 0 Å². The Balaban J connectivity index is 1.60. The van der Waals surface area contributed by atoms with Crippen LogP contribution in [0, 0.1) is 0 Å². The van der Waals surface area contributed by atoms with Gasteiger partial charge >= 0.3 is 0 Å². The molecule has 0 saturated carbocycles. The SMILES string of the molecule is O=C(Nc1ncn(Cc2ccc(Br)cc2)n1)C1CCCO1. The van der Waals surface area contributed by atoms with Crippen LogP contribution in [0.5, 0.6) is 0 Å². The average molecular weight is 351 g/mol. The summed E-state index contributed by atoms with van der Waals surface area (Å²) in [6.07, 6.45) is 2.91. The van der Waals surface area contributed by atoms with Crippen molar-refractivity contribution < 1.29 is 9.53 Å². The molecule has 6 nitrogen and oxygen atoms in total. The monoisotopic (exact) mass is 350 g/mol. The van der Waals surface area contributed by atoms with Crippen LogP contribution in [0.15, 0.2) is 35.1 Å². The number of carbonyl (C=O) groups excluding carboxylic acids is 1. The fourth-order valence-corrected chi connectivity index (χ4v) is 2.44. The number of halogens is 1. The summed E-state index contributed by atoms with van der Waals surface area (Å²) in [7, 11) is 0. The first-order chi connectivity index (χ1) is 10.2. The maximum absolute atomic E-state index is 11.9. The van der Waals surface area contributed by atoms with Gasteiger partial charge in [-0.2, -0.15) is 0 Å². The Morgan fingerprint density at radius 2 is 2.24 bits per heavy atom. The number of nitrogens with zero attached hydrogens (tertiary/aromatic N) is 3. The van der Waals surface area contributed by atoms with Crippen LogP contribution < -0.4 is 5.32 Å². The number of hydrogen-bond donors (Lipinski definition) is 1. The fraction of sp³-hybridized carbons (Fsp3) is 0.357. The second kappa shape index (κ2) is 6.36. The molecule has 21 heavy (non-hydrogen) atoms. The number of carbonyl (C=O) groups is 1. The van der Waals surface area contributed by atoms with Crippen LogP contribution in [0.25, 0.3) is 0 Å². The van der Waals surface area contributed by atoms with E-state index in [0.29, 0.717) is 19.1 Å². The van der Waals surface area contributed by atoms with E-state index in [4.69, 9.17) is 4.74 Å². The first kappa shape index (κ1) is 14.2. The number of rotatable bonds is 4. The van der Waals surface area contributed by atoms with Gasteiger partial charge in [-0.25, -0.2) is 9.67 Å². The number of nitrogens with one attached hydrogen (secondary N) is 1. The van der Waals surface area contributed by atoms with Gasteiger partial charge in [0.25, 0.3) is 5.91 Å². The van der Waals surface area contributed by atoms with Crippen molar-refractivity contribution in [3.05, 3.63) is 40.6 Å². The van der Waals surface area contributed by atoms with E-state index in [0.717, 1.165) is 22.9 Å². The van der Waals surface area contributed by atoms with Crippen molar-refractivity contribution in [2.24, 2.45) is 0 Å². The molecule has 2 heterocycles. The number of amides is 1. The van der Waals surface area contributed by atoms with Crippen molar-refractivity contribution in [2.45, 2.75) is 25.5 Å². The highest BCUT2D eigenvalue weighted by molar-refractivity contribution is 9.10. The molecule has 1 N–H and O–H groups in total. The Bertz CT molecular complexity index is 620. The molecule has 1 unspecified atom stereocenters. The third-order valence-corrected chi connectivity index (χ3v) is 3.78. The van der Waals surface area contributed by atoms with Crippen LogP contribution in [0.1, 0.15) is 18.4 Å². The van der Waals surface area contributed by atoms with Gasteiger partial charge in [0.15, 0.2) is 0 Å². The van der Waals surface area contributed by atoms with Crippen LogP contribution in [-0.4, -0.2) is 33.4 Å². The first-order valence-electron chi connectivity index (χ1n) is 6.77. The predicted octanol–water partition coefficient (Wildman–Crippen LogP) is 2.21. The summed E-state index contributed by atoms with van der Waals surface area (Å²) in [6.45, 7) is 1.25. The Morgan fingerprint density at radius 3 is 2.95 bits per heavy atom. The number of anilines is 1. The molecule has 0 spiro atoms. The van der Waals surface area contributed by atoms with E-state index in [9.17, 15) is 4.79 Å². The second-order valence-corrected chi connectivity index (χ2v) is 5.80. The van der Waals surface area contributed by atoms with Crippen molar-refractivity contribution in [3.63, 3.8) is 0 Å². The molecule has 2 aromatic rings. The molecule has 1 aromatic carbocycles. The molecule has 1 aliphatic rings. The molecule has 1 aromatic heterocycles. The van der Waals surface area contributed by atoms with Gasteiger partial charge in [-0.05, 0) is 30.5 Å². The Morgan fingerprint density at radius 1 is 1.43 bits per heavy atom. The zero-order chi connectivity index (χ0) is 14.7. The normalized spacial score (nSPS) is 17.9. The lowest BCUT2D eigenvalue weighted by atomic mass is 10.2. The van der Waals surface area contributed by atoms with Gasteiger partial charge in [0.2, 0.25) is 5.95 Å². The van der Waals surface area contributed by atoms with Crippen LogP contribution in [0.2, 0.25) is 0 Å². The van der Waals surface area contributed by atoms with E-state index in [1.807, 2.05) is 24.3 Å².